The first kappa shape index (κ1) is 16.3. The number of hydrogen-bond donors (Lipinski definition) is 1. The molecule has 21 heavy (non-hydrogen) atoms. The number of benzene rings is 1. The van der Waals surface area contributed by atoms with Crippen molar-refractivity contribution < 1.29 is 0 Å². The highest BCUT2D eigenvalue weighted by Gasteiger charge is 2.25. The summed E-state index contributed by atoms with van der Waals surface area (Å²) in [6.07, 6.45) is 1.02. The molecule has 0 aliphatic carbocycles. The van der Waals surface area contributed by atoms with E-state index in [1.54, 1.807) is 0 Å². The molecule has 0 bridgehead atoms. The Kier molecular flexibility index (Phi) is 4.64. The van der Waals surface area contributed by atoms with Crippen LogP contribution in [-0.2, 0) is 0 Å². The second kappa shape index (κ2) is 5.98. The second-order valence-electron chi connectivity index (χ2n) is 7.26. The van der Waals surface area contributed by atoms with Gasteiger partial charge in [-0.05, 0) is 43.9 Å². The van der Waals surface area contributed by atoms with Crippen molar-refractivity contribution in [3.8, 4) is 0 Å². The predicted octanol–water partition coefficient (Wildman–Crippen LogP) is 4.75. The third-order valence-electron chi connectivity index (χ3n) is 3.70. The Balaban J connectivity index is 2.58. The second-order valence-corrected chi connectivity index (χ2v) is 7.70. The lowest BCUT2D eigenvalue weighted by Crippen LogP contribution is -2.23. The van der Waals surface area contributed by atoms with E-state index < -0.39 is 0 Å². The maximum Gasteiger partial charge on any atom is 0.114 e. The summed E-state index contributed by atoms with van der Waals surface area (Å²) in [5.41, 5.74) is 8.37. The minimum Gasteiger partial charge on any atom is -0.330 e. The number of nitrogens with zero attached hydrogens (tertiary/aromatic N) is 2. The fourth-order valence-electron chi connectivity index (χ4n) is 2.93. The van der Waals surface area contributed by atoms with Gasteiger partial charge in [0.25, 0.3) is 0 Å². The van der Waals surface area contributed by atoms with E-state index in [-0.39, 0.29) is 11.3 Å². The summed E-state index contributed by atoms with van der Waals surface area (Å²) in [6, 6.07) is 6.22. The minimum atomic E-state index is 0.224. The summed E-state index contributed by atoms with van der Waals surface area (Å²) in [5.74, 6) is 1.35. The topological polar surface area (TPSA) is 43.8 Å². The van der Waals surface area contributed by atoms with Gasteiger partial charge in [-0.15, -0.1) is 0 Å². The van der Waals surface area contributed by atoms with Crippen LogP contribution in [-0.4, -0.2) is 16.1 Å². The first-order chi connectivity index (χ1) is 9.73. The molecular weight excluding hydrogens is 282 g/mol. The zero-order valence-corrected chi connectivity index (χ0v) is 14.4. The van der Waals surface area contributed by atoms with Crippen LogP contribution in [0, 0.1) is 5.41 Å². The highest BCUT2D eigenvalue weighted by Crippen LogP contribution is 2.34. The van der Waals surface area contributed by atoms with E-state index >= 15 is 0 Å². The van der Waals surface area contributed by atoms with E-state index in [0.717, 1.165) is 28.3 Å². The van der Waals surface area contributed by atoms with Gasteiger partial charge in [0.1, 0.15) is 5.82 Å². The van der Waals surface area contributed by atoms with Crippen LogP contribution in [0.15, 0.2) is 18.2 Å². The summed E-state index contributed by atoms with van der Waals surface area (Å²) in [6.45, 7) is 11.7. The molecule has 1 heterocycles. The minimum absolute atomic E-state index is 0.224. The van der Waals surface area contributed by atoms with E-state index in [1.807, 2.05) is 18.2 Å². The Morgan fingerprint density at radius 3 is 2.48 bits per heavy atom. The van der Waals surface area contributed by atoms with Crippen molar-refractivity contribution >= 4 is 22.6 Å². The largest absolute Gasteiger partial charge is 0.330 e. The Hall–Kier alpha value is -1.06. The fourth-order valence-corrected chi connectivity index (χ4v) is 3.10. The fraction of sp³-hybridized carbons (Fsp3) is 0.588. The number of halogens is 1. The monoisotopic (exact) mass is 307 g/mol. The third-order valence-corrected chi connectivity index (χ3v) is 3.94. The molecule has 0 radical (unpaired) electrons. The third kappa shape index (κ3) is 3.58. The highest BCUT2D eigenvalue weighted by molar-refractivity contribution is 6.31. The van der Waals surface area contributed by atoms with Gasteiger partial charge in [-0.2, -0.15) is 0 Å². The Morgan fingerprint density at radius 2 is 1.95 bits per heavy atom. The van der Waals surface area contributed by atoms with Gasteiger partial charge in [0.15, 0.2) is 0 Å². The van der Waals surface area contributed by atoms with Crippen molar-refractivity contribution in [2.45, 2.75) is 53.0 Å². The van der Waals surface area contributed by atoms with Crippen molar-refractivity contribution in [1.29, 1.82) is 0 Å². The van der Waals surface area contributed by atoms with E-state index in [1.165, 1.54) is 0 Å². The van der Waals surface area contributed by atoms with Gasteiger partial charge in [-0.1, -0.05) is 32.4 Å². The van der Waals surface area contributed by atoms with E-state index in [4.69, 9.17) is 22.3 Å². The van der Waals surface area contributed by atoms with Crippen molar-refractivity contribution in [1.82, 2.24) is 9.55 Å². The molecular formula is C17H26ClN3. The van der Waals surface area contributed by atoms with E-state index in [9.17, 15) is 0 Å². The molecule has 2 rings (SSSR count). The summed E-state index contributed by atoms with van der Waals surface area (Å²) in [7, 11) is 0. The molecule has 0 spiro atoms. The number of rotatable bonds is 4. The molecule has 2 aromatic rings. The molecule has 0 amide bonds. The molecule has 0 saturated carbocycles. The molecule has 0 aliphatic heterocycles. The zero-order chi connectivity index (χ0) is 15.8. The molecule has 3 nitrogen and oxygen atoms in total. The van der Waals surface area contributed by atoms with Crippen molar-refractivity contribution in [2.24, 2.45) is 11.1 Å². The highest BCUT2D eigenvalue weighted by atomic mass is 35.5. The van der Waals surface area contributed by atoms with E-state index in [2.05, 4.69) is 39.2 Å². The molecule has 2 N–H and O–H groups in total. The number of imidazole rings is 1. The Labute approximate surface area is 132 Å². The van der Waals surface area contributed by atoms with Gasteiger partial charge in [0.05, 0.1) is 11.0 Å². The van der Waals surface area contributed by atoms with Crippen LogP contribution in [0.4, 0.5) is 0 Å². The molecule has 0 aliphatic rings. The molecule has 4 heteroatoms. The first-order valence-electron chi connectivity index (χ1n) is 7.60. The Morgan fingerprint density at radius 1 is 1.29 bits per heavy atom. The number of hydrogen-bond acceptors (Lipinski definition) is 2. The molecule has 1 atom stereocenters. The van der Waals surface area contributed by atoms with Crippen molar-refractivity contribution in [3.63, 3.8) is 0 Å². The maximum atomic E-state index is 6.16. The smallest absolute Gasteiger partial charge is 0.114 e. The molecule has 1 aromatic carbocycles. The average Bonchev–Trinajstić information content (AvgIpc) is 2.73. The lowest BCUT2D eigenvalue weighted by atomic mass is 9.84. The van der Waals surface area contributed by atoms with Crippen LogP contribution in [0.25, 0.3) is 11.0 Å². The van der Waals surface area contributed by atoms with Crippen molar-refractivity contribution in [3.05, 3.63) is 29.0 Å². The molecule has 1 unspecified atom stereocenters. The lowest BCUT2D eigenvalue weighted by Gasteiger charge is -2.26. The van der Waals surface area contributed by atoms with Crippen LogP contribution in [0.5, 0.6) is 0 Å². The summed E-state index contributed by atoms with van der Waals surface area (Å²) >= 11 is 6.16. The van der Waals surface area contributed by atoms with Crippen LogP contribution >= 0.6 is 11.6 Å². The molecule has 1 aromatic heterocycles. The van der Waals surface area contributed by atoms with Crippen LogP contribution in [0.2, 0.25) is 5.02 Å². The Bertz CT molecular complexity index is 623. The quantitative estimate of drug-likeness (QED) is 0.886. The number of fused-ring (bicyclic) bond motifs is 1. The van der Waals surface area contributed by atoms with Gasteiger partial charge >= 0.3 is 0 Å². The summed E-state index contributed by atoms with van der Waals surface area (Å²) in [4.78, 5) is 4.85. The molecule has 0 saturated heterocycles. The van der Waals surface area contributed by atoms with Crippen LogP contribution in [0.1, 0.15) is 58.8 Å². The normalized spacial score (nSPS) is 14.1. The van der Waals surface area contributed by atoms with Gasteiger partial charge in [0, 0.05) is 23.5 Å². The van der Waals surface area contributed by atoms with Gasteiger partial charge in [-0.25, -0.2) is 4.98 Å². The standard InChI is InChI=1S/C17H26ClN3/c1-11(2)21-15-8-13(18)6-7-14(15)20-16(21)12(10-19)9-17(3,4)5/h6-8,11-12H,9-10,19H2,1-5H3. The zero-order valence-electron chi connectivity index (χ0n) is 13.7. The number of aromatic nitrogens is 2. The maximum absolute atomic E-state index is 6.16. The van der Waals surface area contributed by atoms with Crippen LogP contribution in [0.3, 0.4) is 0 Å². The SMILES string of the molecule is CC(C)n1c(C(CN)CC(C)(C)C)nc2ccc(Cl)cc21. The van der Waals surface area contributed by atoms with Crippen LogP contribution < -0.4 is 5.73 Å². The molecule has 116 valence electrons. The van der Waals surface area contributed by atoms with E-state index in [0.29, 0.717) is 12.6 Å². The summed E-state index contributed by atoms with van der Waals surface area (Å²) in [5, 5.41) is 0.746. The van der Waals surface area contributed by atoms with Gasteiger partial charge in [0.2, 0.25) is 0 Å². The molecule has 0 fully saturated rings. The van der Waals surface area contributed by atoms with Crippen molar-refractivity contribution in [2.75, 3.05) is 6.54 Å². The lowest BCUT2D eigenvalue weighted by molar-refractivity contribution is 0.329. The summed E-state index contributed by atoms with van der Waals surface area (Å²) < 4.78 is 2.28. The van der Waals surface area contributed by atoms with Gasteiger partial charge < -0.3 is 10.3 Å². The first-order valence-corrected chi connectivity index (χ1v) is 7.98. The predicted molar refractivity (Wildman–Crippen MR) is 91.0 cm³/mol. The average molecular weight is 308 g/mol. The van der Waals surface area contributed by atoms with Gasteiger partial charge in [-0.3, -0.25) is 0 Å². The number of nitrogens with two attached hydrogens (primary N) is 1.